The van der Waals surface area contributed by atoms with Crippen LogP contribution in [0.4, 0.5) is 4.39 Å². The molecule has 0 saturated heterocycles. The summed E-state index contributed by atoms with van der Waals surface area (Å²) < 4.78 is 19.6. The van der Waals surface area contributed by atoms with E-state index in [1.807, 2.05) is 12.1 Å². The van der Waals surface area contributed by atoms with E-state index in [1.54, 1.807) is 49.7 Å². The molecule has 0 bridgehead atoms. The molecule has 2 amide bonds. The topological polar surface area (TPSA) is 152 Å². The van der Waals surface area contributed by atoms with E-state index in [9.17, 15) is 18.8 Å². The van der Waals surface area contributed by atoms with Crippen molar-refractivity contribution in [2.75, 3.05) is 0 Å². The minimum absolute atomic E-state index is 0.0183. The van der Waals surface area contributed by atoms with Crippen LogP contribution in [-0.2, 0) is 17.9 Å². The number of aromatic nitrogens is 4. The number of nitrogens with one attached hydrogen (secondary N) is 2. The van der Waals surface area contributed by atoms with Crippen molar-refractivity contribution < 1.29 is 28.4 Å². The Morgan fingerprint density at radius 1 is 1.11 bits per heavy atom. The third kappa shape index (κ3) is 5.80. The summed E-state index contributed by atoms with van der Waals surface area (Å²) in [6, 6.07) is 12.2. The first-order valence-electron chi connectivity index (χ1n) is 11.4. The summed E-state index contributed by atoms with van der Waals surface area (Å²) in [5, 5.41) is 22.9. The Balaban J connectivity index is 1.54. The second-order valence-corrected chi connectivity index (χ2v) is 9.46. The van der Waals surface area contributed by atoms with Gasteiger partial charge in [0.15, 0.2) is 11.5 Å². The molecule has 4 rings (SSSR count). The minimum atomic E-state index is -1.38. The molecule has 0 spiro atoms. The summed E-state index contributed by atoms with van der Waals surface area (Å²) in [5.74, 6) is -3.39. The Morgan fingerprint density at radius 3 is 2.46 bits per heavy atom. The molecular formula is C25H25FN6O5. The molecule has 0 radical (unpaired) electrons. The molecule has 0 aliphatic carbocycles. The number of rotatable bonds is 8. The number of amides is 2. The van der Waals surface area contributed by atoms with Crippen molar-refractivity contribution >= 4 is 28.7 Å². The van der Waals surface area contributed by atoms with E-state index in [0.29, 0.717) is 17.4 Å². The van der Waals surface area contributed by atoms with Gasteiger partial charge in [0.1, 0.15) is 11.9 Å². The molecule has 11 nitrogen and oxygen atoms in total. The summed E-state index contributed by atoms with van der Waals surface area (Å²) in [6.45, 7) is 5.51. The number of benzene rings is 2. The highest BCUT2D eigenvalue weighted by molar-refractivity contribution is 6.06. The van der Waals surface area contributed by atoms with Crippen LogP contribution in [0.2, 0.25) is 0 Å². The van der Waals surface area contributed by atoms with Gasteiger partial charge < -0.3 is 20.3 Å². The Labute approximate surface area is 210 Å². The maximum absolute atomic E-state index is 13.4. The standard InChI is InChI=1S/C25H25FN6O5/c1-25(2,3)20(22(34)27-12-18-28-23(24(35)36)37-31-18)29-21(33)19-16-6-4-5-7-17(16)32(30-19)13-14-8-10-15(26)11-9-14/h4-11,20H,12-13H2,1-3H3,(H,27,34)(H,29,33)(H,35,36)/t20-/m1/s1. The molecule has 0 aliphatic rings. The molecule has 0 fully saturated rings. The lowest BCUT2D eigenvalue weighted by molar-refractivity contribution is -0.125. The van der Waals surface area contributed by atoms with Crippen molar-refractivity contribution in [2.45, 2.75) is 39.9 Å². The van der Waals surface area contributed by atoms with E-state index in [0.717, 1.165) is 5.56 Å². The molecule has 3 N–H and O–H groups in total. The van der Waals surface area contributed by atoms with Gasteiger partial charge in [0, 0.05) is 5.39 Å². The number of hydrogen-bond acceptors (Lipinski definition) is 7. The molecule has 2 aromatic heterocycles. The number of para-hydroxylation sites is 1. The molecule has 0 aliphatic heterocycles. The number of hydrogen-bond donors (Lipinski definition) is 3. The smallest absolute Gasteiger partial charge is 0.394 e. The fraction of sp³-hybridized carbons (Fsp3) is 0.280. The van der Waals surface area contributed by atoms with Gasteiger partial charge in [-0.15, -0.1) is 0 Å². The molecule has 0 saturated carbocycles. The van der Waals surface area contributed by atoms with Crippen molar-refractivity contribution in [2.24, 2.45) is 5.41 Å². The molecule has 0 unspecified atom stereocenters. The number of nitrogens with zero attached hydrogens (tertiary/aromatic N) is 4. The lowest BCUT2D eigenvalue weighted by Crippen LogP contribution is -2.53. The highest BCUT2D eigenvalue weighted by Gasteiger charge is 2.34. The first kappa shape index (κ1) is 25.5. The van der Waals surface area contributed by atoms with Gasteiger partial charge in [0.2, 0.25) is 5.91 Å². The van der Waals surface area contributed by atoms with Gasteiger partial charge in [-0.05, 0) is 29.2 Å². The second kappa shape index (κ2) is 10.2. The van der Waals surface area contributed by atoms with Gasteiger partial charge in [-0.1, -0.05) is 56.3 Å². The predicted molar refractivity (Wildman–Crippen MR) is 129 cm³/mol. The Kier molecular flexibility index (Phi) is 7.00. The van der Waals surface area contributed by atoms with Crippen LogP contribution in [0.1, 0.15) is 53.3 Å². The monoisotopic (exact) mass is 508 g/mol. The van der Waals surface area contributed by atoms with Crippen LogP contribution in [-0.4, -0.2) is 48.9 Å². The fourth-order valence-electron chi connectivity index (χ4n) is 3.73. The SMILES string of the molecule is CC(C)(C)[C@H](NC(=O)c1nn(Cc2ccc(F)cc2)c2ccccc12)C(=O)NCc1noc(C(=O)O)n1. The van der Waals surface area contributed by atoms with E-state index >= 15 is 0 Å². The Bertz CT molecular complexity index is 1450. The highest BCUT2D eigenvalue weighted by atomic mass is 19.1. The zero-order valence-corrected chi connectivity index (χ0v) is 20.4. The minimum Gasteiger partial charge on any atom is -0.474 e. The normalized spacial score (nSPS) is 12.3. The molecule has 12 heteroatoms. The number of halogens is 1. The van der Waals surface area contributed by atoms with Crippen LogP contribution in [0, 0.1) is 11.2 Å². The number of fused-ring (bicyclic) bond motifs is 1. The summed E-state index contributed by atoms with van der Waals surface area (Å²) >= 11 is 0. The summed E-state index contributed by atoms with van der Waals surface area (Å²) in [7, 11) is 0. The van der Waals surface area contributed by atoms with Gasteiger partial charge in [0.25, 0.3) is 5.91 Å². The number of aromatic carboxylic acids is 1. The molecular weight excluding hydrogens is 483 g/mol. The average molecular weight is 509 g/mol. The Morgan fingerprint density at radius 2 is 1.81 bits per heavy atom. The molecule has 4 aromatic rings. The summed E-state index contributed by atoms with van der Waals surface area (Å²) in [4.78, 5) is 41.0. The Hall–Kier alpha value is -4.61. The van der Waals surface area contributed by atoms with Crippen molar-refractivity contribution in [1.82, 2.24) is 30.6 Å². The van der Waals surface area contributed by atoms with Crippen LogP contribution < -0.4 is 10.6 Å². The molecule has 1 atom stereocenters. The van der Waals surface area contributed by atoms with Crippen LogP contribution in [0.25, 0.3) is 10.9 Å². The number of carboxylic acids is 1. The van der Waals surface area contributed by atoms with E-state index in [-0.39, 0.29) is 23.9 Å². The maximum Gasteiger partial charge on any atom is 0.394 e. The van der Waals surface area contributed by atoms with Crippen molar-refractivity contribution in [1.29, 1.82) is 0 Å². The fourth-order valence-corrected chi connectivity index (χ4v) is 3.73. The van der Waals surface area contributed by atoms with Crippen molar-refractivity contribution in [3.63, 3.8) is 0 Å². The van der Waals surface area contributed by atoms with Gasteiger partial charge in [-0.3, -0.25) is 14.3 Å². The molecule has 2 aromatic carbocycles. The zero-order valence-electron chi connectivity index (χ0n) is 20.4. The zero-order chi connectivity index (χ0) is 26.7. The predicted octanol–water partition coefficient (Wildman–Crippen LogP) is 2.77. The molecule has 2 heterocycles. The summed E-state index contributed by atoms with van der Waals surface area (Å²) in [5.41, 5.74) is 0.973. The van der Waals surface area contributed by atoms with E-state index in [1.165, 1.54) is 12.1 Å². The second-order valence-electron chi connectivity index (χ2n) is 9.46. The number of carbonyl (C=O) groups is 3. The van der Waals surface area contributed by atoms with E-state index in [4.69, 9.17) is 5.11 Å². The first-order chi connectivity index (χ1) is 17.5. The first-order valence-corrected chi connectivity index (χ1v) is 11.4. The molecule has 37 heavy (non-hydrogen) atoms. The van der Waals surface area contributed by atoms with E-state index < -0.39 is 35.1 Å². The van der Waals surface area contributed by atoms with Gasteiger partial charge in [-0.2, -0.15) is 10.1 Å². The van der Waals surface area contributed by atoms with Crippen LogP contribution in [0.5, 0.6) is 0 Å². The third-order valence-electron chi connectivity index (χ3n) is 5.59. The number of carbonyl (C=O) groups excluding carboxylic acids is 2. The quantitative estimate of drug-likeness (QED) is 0.329. The lowest BCUT2D eigenvalue weighted by Gasteiger charge is -2.30. The highest BCUT2D eigenvalue weighted by Crippen LogP contribution is 2.23. The maximum atomic E-state index is 13.4. The van der Waals surface area contributed by atoms with Crippen molar-refractivity contribution in [3.05, 3.63) is 77.3 Å². The van der Waals surface area contributed by atoms with Gasteiger partial charge in [0.05, 0.1) is 18.6 Å². The lowest BCUT2D eigenvalue weighted by atomic mass is 9.86. The van der Waals surface area contributed by atoms with E-state index in [2.05, 4.69) is 30.4 Å². The van der Waals surface area contributed by atoms with Crippen LogP contribution >= 0.6 is 0 Å². The number of carboxylic acid groups (broad SMARTS) is 1. The third-order valence-corrected chi connectivity index (χ3v) is 5.59. The summed E-state index contributed by atoms with van der Waals surface area (Å²) in [6.07, 6.45) is 0. The molecule has 192 valence electrons. The average Bonchev–Trinajstić information content (AvgIpc) is 3.47. The largest absolute Gasteiger partial charge is 0.474 e. The van der Waals surface area contributed by atoms with Gasteiger partial charge in [-0.25, -0.2) is 9.18 Å². The van der Waals surface area contributed by atoms with Crippen molar-refractivity contribution in [3.8, 4) is 0 Å². The van der Waals surface area contributed by atoms with Crippen LogP contribution in [0.3, 0.4) is 0 Å². The van der Waals surface area contributed by atoms with Crippen LogP contribution in [0.15, 0.2) is 53.1 Å². The van der Waals surface area contributed by atoms with Gasteiger partial charge >= 0.3 is 11.9 Å².